The number of nitrogens with one attached hydrogen (secondary N) is 2. The van der Waals surface area contributed by atoms with E-state index in [1.807, 2.05) is 39.1 Å². The van der Waals surface area contributed by atoms with Crippen molar-refractivity contribution in [2.75, 3.05) is 0 Å². The van der Waals surface area contributed by atoms with Gasteiger partial charge in [-0.05, 0) is 29.0 Å². The molecule has 0 saturated heterocycles. The summed E-state index contributed by atoms with van der Waals surface area (Å²) in [5, 5.41) is 12.8. The highest BCUT2D eigenvalue weighted by atomic mass is 16.4. The van der Waals surface area contributed by atoms with Gasteiger partial charge in [-0.1, -0.05) is 26.8 Å². The van der Waals surface area contributed by atoms with Crippen LogP contribution in [-0.2, 0) is 4.79 Å². The Morgan fingerprint density at radius 1 is 1.29 bits per heavy atom. The van der Waals surface area contributed by atoms with Crippen molar-refractivity contribution < 1.29 is 14.7 Å². The fourth-order valence-corrected chi connectivity index (χ4v) is 2.18. The Bertz CT molecular complexity index is 667. The third-order valence-corrected chi connectivity index (χ3v) is 3.55. The maximum atomic E-state index is 12.3. The van der Waals surface area contributed by atoms with Gasteiger partial charge in [0, 0.05) is 23.3 Å². The number of carboxylic acids is 1. The molecule has 0 saturated carbocycles. The van der Waals surface area contributed by atoms with Gasteiger partial charge in [0.05, 0.1) is 6.42 Å². The van der Waals surface area contributed by atoms with Crippen LogP contribution in [0.25, 0.3) is 10.9 Å². The van der Waals surface area contributed by atoms with Crippen molar-refractivity contribution in [1.29, 1.82) is 0 Å². The summed E-state index contributed by atoms with van der Waals surface area (Å²) in [6, 6.07) is 6.88. The Hall–Kier alpha value is -2.30. The van der Waals surface area contributed by atoms with Crippen molar-refractivity contribution in [2.24, 2.45) is 5.41 Å². The van der Waals surface area contributed by atoms with Crippen LogP contribution >= 0.6 is 0 Å². The monoisotopic (exact) mass is 288 g/mol. The summed E-state index contributed by atoms with van der Waals surface area (Å²) in [7, 11) is 0. The maximum Gasteiger partial charge on any atom is 0.305 e. The van der Waals surface area contributed by atoms with Crippen molar-refractivity contribution in [3.8, 4) is 0 Å². The first-order valence-electron chi connectivity index (χ1n) is 6.87. The van der Waals surface area contributed by atoms with Gasteiger partial charge in [0.1, 0.15) is 0 Å². The number of carbonyl (C=O) groups excluding carboxylic acids is 1. The normalized spacial score (nSPS) is 13.1. The molecule has 5 heteroatoms. The lowest BCUT2D eigenvalue weighted by atomic mass is 9.84. The molecule has 1 amide bonds. The number of aromatic nitrogens is 1. The van der Waals surface area contributed by atoms with E-state index in [-0.39, 0.29) is 17.7 Å². The fourth-order valence-electron chi connectivity index (χ4n) is 2.18. The Morgan fingerprint density at radius 2 is 2.00 bits per heavy atom. The van der Waals surface area contributed by atoms with Crippen molar-refractivity contribution in [3.63, 3.8) is 0 Å². The van der Waals surface area contributed by atoms with Crippen LogP contribution in [0.4, 0.5) is 0 Å². The number of aliphatic carboxylic acids is 1. The number of carbonyl (C=O) groups is 2. The summed E-state index contributed by atoms with van der Waals surface area (Å²) in [6.45, 7) is 5.74. The van der Waals surface area contributed by atoms with Gasteiger partial charge in [0.15, 0.2) is 0 Å². The molecule has 2 aromatic rings. The number of hydrogen-bond donors (Lipinski definition) is 3. The Kier molecular flexibility index (Phi) is 4.02. The molecule has 0 aliphatic rings. The molecule has 1 unspecified atom stereocenters. The molecule has 112 valence electrons. The van der Waals surface area contributed by atoms with Gasteiger partial charge in [-0.25, -0.2) is 0 Å². The van der Waals surface area contributed by atoms with Gasteiger partial charge in [0.25, 0.3) is 5.91 Å². The van der Waals surface area contributed by atoms with Crippen molar-refractivity contribution in [2.45, 2.75) is 33.2 Å². The summed E-state index contributed by atoms with van der Waals surface area (Å²) in [5.41, 5.74) is 1.07. The third-order valence-electron chi connectivity index (χ3n) is 3.55. The molecule has 0 radical (unpaired) electrons. The van der Waals surface area contributed by atoms with E-state index in [1.54, 1.807) is 12.1 Å². The standard InChI is InChI=1S/C16H20N2O3/c1-16(2,3)13(9-14(19)20)18-15(21)11-5-4-10-6-7-17-12(10)8-11/h4-8,13,17H,9H2,1-3H3,(H,18,21)(H,19,20). The molecule has 3 N–H and O–H groups in total. The van der Waals surface area contributed by atoms with Crippen LogP contribution in [0.2, 0.25) is 0 Å². The highest BCUT2D eigenvalue weighted by molar-refractivity contribution is 5.98. The molecular formula is C16H20N2O3. The summed E-state index contributed by atoms with van der Waals surface area (Å²) < 4.78 is 0. The number of hydrogen-bond acceptors (Lipinski definition) is 2. The molecule has 1 atom stereocenters. The van der Waals surface area contributed by atoms with Crippen LogP contribution in [0, 0.1) is 5.41 Å². The van der Waals surface area contributed by atoms with Crippen LogP contribution in [0.15, 0.2) is 30.5 Å². The SMILES string of the molecule is CC(C)(C)C(CC(=O)O)NC(=O)c1ccc2cc[nH]c2c1. The minimum Gasteiger partial charge on any atom is -0.481 e. The van der Waals surface area contributed by atoms with E-state index in [0.29, 0.717) is 5.56 Å². The van der Waals surface area contributed by atoms with Gasteiger partial charge in [0.2, 0.25) is 0 Å². The zero-order valence-electron chi connectivity index (χ0n) is 12.4. The lowest BCUT2D eigenvalue weighted by Crippen LogP contribution is -2.45. The smallest absolute Gasteiger partial charge is 0.305 e. The number of H-pyrrole nitrogens is 1. The van der Waals surface area contributed by atoms with Crippen LogP contribution < -0.4 is 5.32 Å². The summed E-state index contributed by atoms with van der Waals surface area (Å²) in [5.74, 6) is -1.18. The second-order valence-electron chi connectivity index (χ2n) is 6.27. The maximum absolute atomic E-state index is 12.3. The molecule has 0 aliphatic carbocycles. The first-order valence-corrected chi connectivity index (χ1v) is 6.87. The topological polar surface area (TPSA) is 82.2 Å². The molecule has 5 nitrogen and oxygen atoms in total. The van der Waals surface area contributed by atoms with Crippen LogP contribution in [0.5, 0.6) is 0 Å². The number of amides is 1. The number of fused-ring (bicyclic) bond motifs is 1. The predicted octanol–water partition coefficient (Wildman–Crippen LogP) is 2.79. The average Bonchev–Trinajstić information content (AvgIpc) is 2.83. The van der Waals surface area contributed by atoms with E-state index in [0.717, 1.165) is 10.9 Å². The fraction of sp³-hybridized carbons (Fsp3) is 0.375. The largest absolute Gasteiger partial charge is 0.481 e. The highest BCUT2D eigenvalue weighted by Gasteiger charge is 2.28. The van der Waals surface area contributed by atoms with Crippen LogP contribution in [0.1, 0.15) is 37.6 Å². The lowest BCUT2D eigenvalue weighted by molar-refractivity contribution is -0.138. The van der Waals surface area contributed by atoms with Crippen LogP contribution in [0.3, 0.4) is 0 Å². The van der Waals surface area contributed by atoms with Gasteiger partial charge in [-0.15, -0.1) is 0 Å². The second kappa shape index (κ2) is 5.60. The van der Waals surface area contributed by atoms with Crippen molar-refractivity contribution in [1.82, 2.24) is 10.3 Å². The van der Waals surface area contributed by atoms with Crippen LogP contribution in [-0.4, -0.2) is 28.0 Å². The van der Waals surface area contributed by atoms with Gasteiger partial charge < -0.3 is 15.4 Å². The molecule has 21 heavy (non-hydrogen) atoms. The average molecular weight is 288 g/mol. The first-order chi connectivity index (χ1) is 9.77. The molecule has 0 aliphatic heterocycles. The van der Waals surface area contributed by atoms with E-state index < -0.39 is 12.0 Å². The molecular weight excluding hydrogens is 268 g/mol. The number of rotatable bonds is 4. The van der Waals surface area contributed by atoms with Crippen molar-refractivity contribution >= 4 is 22.8 Å². The second-order valence-corrected chi connectivity index (χ2v) is 6.27. The van der Waals surface area contributed by atoms with Gasteiger partial charge >= 0.3 is 5.97 Å². The van der Waals surface area contributed by atoms with E-state index >= 15 is 0 Å². The highest BCUT2D eigenvalue weighted by Crippen LogP contribution is 2.23. The van der Waals surface area contributed by atoms with Gasteiger partial charge in [-0.2, -0.15) is 0 Å². The van der Waals surface area contributed by atoms with Gasteiger partial charge in [-0.3, -0.25) is 9.59 Å². The first kappa shape index (κ1) is 15.1. The lowest BCUT2D eigenvalue weighted by Gasteiger charge is -2.30. The number of carboxylic acid groups (broad SMARTS) is 1. The zero-order chi connectivity index (χ0) is 15.6. The summed E-state index contributed by atoms with van der Waals surface area (Å²) in [4.78, 5) is 26.3. The molecule has 0 fully saturated rings. The van der Waals surface area contributed by atoms with E-state index in [1.165, 1.54) is 0 Å². The Labute approximate surface area is 123 Å². The Balaban J connectivity index is 2.19. The molecule has 0 spiro atoms. The molecule has 1 aromatic carbocycles. The number of benzene rings is 1. The third kappa shape index (κ3) is 3.62. The minimum atomic E-state index is -0.921. The quantitative estimate of drug-likeness (QED) is 0.809. The Morgan fingerprint density at radius 3 is 2.62 bits per heavy atom. The predicted molar refractivity (Wildman–Crippen MR) is 81.3 cm³/mol. The molecule has 2 rings (SSSR count). The van der Waals surface area contributed by atoms with E-state index in [2.05, 4.69) is 10.3 Å². The van der Waals surface area contributed by atoms with E-state index in [9.17, 15) is 9.59 Å². The number of aromatic amines is 1. The summed E-state index contributed by atoms with van der Waals surface area (Å²) in [6.07, 6.45) is 1.72. The van der Waals surface area contributed by atoms with Crippen molar-refractivity contribution in [3.05, 3.63) is 36.0 Å². The van der Waals surface area contributed by atoms with E-state index in [4.69, 9.17) is 5.11 Å². The zero-order valence-corrected chi connectivity index (χ0v) is 12.4. The minimum absolute atomic E-state index is 0.0972. The molecule has 1 heterocycles. The summed E-state index contributed by atoms with van der Waals surface area (Å²) >= 11 is 0. The molecule has 1 aromatic heterocycles. The molecule has 0 bridgehead atoms.